The van der Waals surface area contributed by atoms with E-state index in [1.165, 1.54) is 25.3 Å². The number of ether oxygens (including phenoxy) is 1. The molecule has 0 aliphatic rings. The first-order chi connectivity index (χ1) is 13.5. The highest BCUT2D eigenvalue weighted by molar-refractivity contribution is 7.99. The number of aromatic nitrogens is 3. The van der Waals surface area contributed by atoms with E-state index in [2.05, 4.69) is 20.5 Å². The monoisotopic (exact) mass is 419 g/mol. The fraction of sp³-hybridized carbons (Fsp3) is 0.118. The van der Waals surface area contributed by atoms with Crippen molar-refractivity contribution in [2.24, 2.45) is 0 Å². The summed E-state index contributed by atoms with van der Waals surface area (Å²) in [5.41, 5.74) is 0.602. The summed E-state index contributed by atoms with van der Waals surface area (Å²) in [7, 11) is 1.53. The minimum atomic E-state index is -0.553. The number of nitro groups is 1. The van der Waals surface area contributed by atoms with E-state index in [1.807, 2.05) is 0 Å². The lowest BCUT2D eigenvalue weighted by molar-refractivity contribution is -0.383. The molecule has 0 aliphatic heterocycles. The van der Waals surface area contributed by atoms with E-state index in [0.29, 0.717) is 27.3 Å². The van der Waals surface area contributed by atoms with Crippen LogP contribution in [0.5, 0.6) is 5.75 Å². The molecule has 9 nitrogen and oxygen atoms in total. The minimum absolute atomic E-state index is 0.0178. The van der Waals surface area contributed by atoms with Crippen LogP contribution in [0.2, 0.25) is 5.02 Å². The lowest BCUT2D eigenvalue weighted by atomic mass is 10.2. The van der Waals surface area contributed by atoms with Gasteiger partial charge in [-0.25, -0.2) is 4.98 Å². The van der Waals surface area contributed by atoms with Crippen LogP contribution in [0.1, 0.15) is 0 Å². The van der Waals surface area contributed by atoms with Crippen molar-refractivity contribution in [3.63, 3.8) is 0 Å². The van der Waals surface area contributed by atoms with Crippen LogP contribution in [0.15, 0.2) is 47.6 Å². The summed E-state index contributed by atoms with van der Waals surface area (Å²) in [6.07, 6.45) is 0. The number of rotatable bonds is 7. The highest BCUT2D eigenvalue weighted by atomic mass is 35.5. The van der Waals surface area contributed by atoms with Crippen LogP contribution in [0.4, 0.5) is 11.4 Å². The molecule has 3 aromatic rings. The van der Waals surface area contributed by atoms with Gasteiger partial charge < -0.3 is 10.1 Å². The predicted octanol–water partition coefficient (Wildman–Crippen LogP) is 3.77. The number of methoxy groups -OCH3 is 1. The first-order valence-corrected chi connectivity index (χ1v) is 9.26. The molecule has 1 amide bonds. The Morgan fingerprint density at radius 2 is 2.14 bits per heavy atom. The number of hydrogen-bond donors (Lipinski definition) is 2. The standard InChI is InChI=1S/C17H14ClN5O4S/c1-27-14-7-6-10(18)8-11(14)16-20-17(22-21-16)28-9-15(24)19-12-4-2-3-5-13(12)23(25)26/h2-8H,9H2,1H3,(H,19,24)(H,20,21,22). The lowest BCUT2D eigenvalue weighted by Gasteiger charge is -2.05. The Labute approximate surface area is 168 Å². The van der Waals surface area contributed by atoms with Crippen molar-refractivity contribution in [1.29, 1.82) is 0 Å². The number of amides is 1. The number of nitrogens with zero attached hydrogens (tertiary/aromatic N) is 3. The van der Waals surface area contributed by atoms with Crippen molar-refractivity contribution in [2.45, 2.75) is 5.16 Å². The Morgan fingerprint density at radius 3 is 2.89 bits per heavy atom. The van der Waals surface area contributed by atoms with Gasteiger partial charge in [0.1, 0.15) is 11.4 Å². The molecule has 28 heavy (non-hydrogen) atoms. The van der Waals surface area contributed by atoms with E-state index in [-0.39, 0.29) is 17.1 Å². The maximum absolute atomic E-state index is 12.1. The SMILES string of the molecule is COc1ccc(Cl)cc1-c1nc(SCC(=O)Nc2ccccc2[N+](=O)[O-])n[nH]1. The highest BCUT2D eigenvalue weighted by Crippen LogP contribution is 2.31. The maximum Gasteiger partial charge on any atom is 0.292 e. The zero-order chi connectivity index (χ0) is 20.1. The molecule has 144 valence electrons. The molecule has 2 aromatic carbocycles. The maximum atomic E-state index is 12.1. The Bertz CT molecular complexity index is 1030. The predicted molar refractivity (Wildman–Crippen MR) is 106 cm³/mol. The van der Waals surface area contributed by atoms with E-state index < -0.39 is 10.8 Å². The van der Waals surface area contributed by atoms with Gasteiger partial charge in [0.05, 0.1) is 23.3 Å². The molecule has 0 atom stereocenters. The highest BCUT2D eigenvalue weighted by Gasteiger charge is 2.16. The molecule has 0 saturated heterocycles. The van der Waals surface area contributed by atoms with Crippen LogP contribution in [0.3, 0.4) is 0 Å². The van der Waals surface area contributed by atoms with Crippen molar-refractivity contribution >= 4 is 40.6 Å². The molecule has 11 heteroatoms. The topological polar surface area (TPSA) is 123 Å². The summed E-state index contributed by atoms with van der Waals surface area (Å²) in [5.74, 6) is 0.592. The Morgan fingerprint density at radius 1 is 1.36 bits per heavy atom. The lowest BCUT2D eigenvalue weighted by Crippen LogP contribution is -2.15. The number of thioether (sulfide) groups is 1. The third-order valence-corrected chi connectivity index (χ3v) is 4.67. The summed E-state index contributed by atoms with van der Waals surface area (Å²) in [5, 5.41) is 21.2. The van der Waals surface area contributed by atoms with Crippen LogP contribution < -0.4 is 10.1 Å². The van der Waals surface area contributed by atoms with Gasteiger partial charge in [-0.3, -0.25) is 20.0 Å². The number of halogens is 1. The second kappa shape index (κ2) is 8.72. The van der Waals surface area contributed by atoms with Gasteiger partial charge in [0.15, 0.2) is 5.82 Å². The number of benzene rings is 2. The number of hydrogen-bond acceptors (Lipinski definition) is 7. The van der Waals surface area contributed by atoms with E-state index in [1.54, 1.807) is 24.3 Å². The Hall–Kier alpha value is -3.11. The van der Waals surface area contributed by atoms with Gasteiger partial charge in [0, 0.05) is 11.1 Å². The van der Waals surface area contributed by atoms with Crippen molar-refractivity contribution in [1.82, 2.24) is 15.2 Å². The molecule has 0 spiro atoms. The number of nitro benzene ring substituents is 1. The minimum Gasteiger partial charge on any atom is -0.496 e. The number of aromatic amines is 1. The van der Waals surface area contributed by atoms with E-state index in [4.69, 9.17) is 16.3 Å². The third kappa shape index (κ3) is 4.59. The molecule has 0 bridgehead atoms. The zero-order valence-electron chi connectivity index (χ0n) is 14.5. The van der Waals surface area contributed by atoms with Gasteiger partial charge in [-0.2, -0.15) is 0 Å². The number of anilines is 1. The molecule has 2 N–H and O–H groups in total. The third-order valence-electron chi connectivity index (χ3n) is 3.59. The van der Waals surface area contributed by atoms with Crippen LogP contribution in [-0.4, -0.2) is 38.9 Å². The van der Waals surface area contributed by atoms with Crippen molar-refractivity contribution in [2.75, 3.05) is 18.2 Å². The second-order valence-corrected chi connectivity index (χ2v) is 6.80. The summed E-state index contributed by atoms with van der Waals surface area (Å²) >= 11 is 7.11. The van der Waals surface area contributed by atoms with Crippen LogP contribution in [-0.2, 0) is 4.79 Å². The molecule has 0 saturated carbocycles. The first-order valence-electron chi connectivity index (χ1n) is 7.90. The number of nitrogens with one attached hydrogen (secondary N) is 2. The Kier molecular flexibility index (Phi) is 6.12. The number of carbonyl (C=O) groups excluding carboxylic acids is 1. The van der Waals surface area contributed by atoms with Crippen LogP contribution in [0.25, 0.3) is 11.4 Å². The normalized spacial score (nSPS) is 10.5. The molecule has 1 aromatic heterocycles. The fourth-order valence-electron chi connectivity index (χ4n) is 2.35. The van der Waals surface area contributed by atoms with Gasteiger partial charge in [-0.1, -0.05) is 35.5 Å². The fourth-order valence-corrected chi connectivity index (χ4v) is 3.12. The number of para-hydroxylation sites is 2. The van der Waals surface area contributed by atoms with Crippen LogP contribution >= 0.6 is 23.4 Å². The first kappa shape index (κ1) is 19.6. The summed E-state index contributed by atoms with van der Waals surface area (Å²) in [6, 6.07) is 11.0. The molecule has 0 fully saturated rings. The van der Waals surface area contributed by atoms with E-state index >= 15 is 0 Å². The van der Waals surface area contributed by atoms with E-state index in [9.17, 15) is 14.9 Å². The molecular formula is C17H14ClN5O4S. The Balaban J connectivity index is 1.66. The molecular weight excluding hydrogens is 406 g/mol. The molecule has 3 rings (SSSR count). The van der Waals surface area contributed by atoms with Gasteiger partial charge >= 0.3 is 0 Å². The second-order valence-electron chi connectivity index (χ2n) is 5.42. The molecule has 0 aliphatic carbocycles. The molecule has 0 unspecified atom stereocenters. The largest absolute Gasteiger partial charge is 0.496 e. The number of carbonyl (C=O) groups is 1. The summed E-state index contributed by atoms with van der Waals surface area (Å²) in [6.45, 7) is 0. The summed E-state index contributed by atoms with van der Waals surface area (Å²) < 4.78 is 5.29. The molecule has 1 heterocycles. The zero-order valence-corrected chi connectivity index (χ0v) is 16.1. The van der Waals surface area contributed by atoms with Gasteiger partial charge in [-0.05, 0) is 24.3 Å². The quantitative estimate of drug-likeness (QED) is 0.339. The van der Waals surface area contributed by atoms with Gasteiger partial charge in [0.25, 0.3) is 5.69 Å². The van der Waals surface area contributed by atoms with Gasteiger partial charge in [0.2, 0.25) is 11.1 Å². The van der Waals surface area contributed by atoms with E-state index in [0.717, 1.165) is 11.8 Å². The van der Waals surface area contributed by atoms with Crippen molar-refractivity contribution in [3.05, 3.63) is 57.6 Å². The van der Waals surface area contributed by atoms with Crippen molar-refractivity contribution < 1.29 is 14.5 Å². The summed E-state index contributed by atoms with van der Waals surface area (Å²) in [4.78, 5) is 26.9. The smallest absolute Gasteiger partial charge is 0.292 e. The van der Waals surface area contributed by atoms with Gasteiger partial charge in [-0.15, -0.1) is 5.10 Å². The average Bonchev–Trinajstić information content (AvgIpc) is 3.15. The average molecular weight is 420 g/mol. The van der Waals surface area contributed by atoms with Crippen molar-refractivity contribution in [3.8, 4) is 17.1 Å². The molecule has 0 radical (unpaired) electrons. The number of H-pyrrole nitrogens is 1. The van der Waals surface area contributed by atoms with Crippen LogP contribution in [0, 0.1) is 10.1 Å².